The number of benzene rings is 2. The van der Waals surface area contributed by atoms with E-state index in [0.29, 0.717) is 19.8 Å². The summed E-state index contributed by atoms with van der Waals surface area (Å²) < 4.78 is 16.9. The minimum atomic E-state index is 0.619. The second-order valence-corrected chi connectivity index (χ2v) is 5.69. The average molecular weight is 313 g/mol. The molecule has 0 radical (unpaired) electrons. The maximum atomic E-state index is 5.70. The van der Waals surface area contributed by atoms with Crippen molar-refractivity contribution in [2.24, 2.45) is 0 Å². The molecule has 0 unspecified atom stereocenters. The smallest absolute Gasteiger partial charge is 0.161 e. The van der Waals surface area contributed by atoms with E-state index >= 15 is 0 Å². The SMILES string of the molecule is CCOc1ccccc1CN(C)Cc1ccc2c(c1)OCCO2. The van der Waals surface area contributed by atoms with Crippen LogP contribution < -0.4 is 14.2 Å². The van der Waals surface area contributed by atoms with Crippen LogP contribution in [0.5, 0.6) is 17.2 Å². The summed E-state index contributed by atoms with van der Waals surface area (Å²) in [4.78, 5) is 2.27. The first-order chi connectivity index (χ1) is 11.3. The molecule has 0 aliphatic carbocycles. The molecule has 0 spiro atoms. The van der Waals surface area contributed by atoms with Crippen molar-refractivity contribution in [3.05, 3.63) is 53.6 Å². The van der Waals surface area contributed by atoms with Gasteiger partial charge in [0.25, 0.3) is 0 Å². The molecule has 122 valence electrons. The van der Waals surface area contributed by atoms with Crippen molar-refractivity contribution < 1.29 is 14.2 Å². The number of para-hydroxylation sites is 1. The fourth-order valence-electron chi connectivity index (χ4n) is 2.78. The lowest BCUT2D eigenvalue weighted by molar-refractivity contribution is 0.171. The van der Waals surface area contributed by atoms with Crippen molar-refractivity contribution >= 4 is 0 Å². The van der Waals surface area contributed by atoms with Crippen LogP contribution in [0.3, 0.4) is 0 Å². The summed E-state index contributed by atoms with van der Waals surface area (Å²) >= 11 is 0. The molecule has 0 saturated carbocycles. The third-order valence-electron chi connectivity index (χ3n) is 3.77. The summed E-state index contributed by atoms with van der Waals surface area (Å²) in [5, 5.41) is 0. The number of ether oxygens (including phenoxy) is 3. The second kappa shape index (κ2) is 7.38. The molecule has 2 aromatic carbocycles. The Kier molecular flexibility index (Phi) is 5.03. The quantitative estimate of drug-likeness (QED) is 0.817. The fourth-order valence-corrected chi connectivity index (χ4v) is 2.78. The van der Waals surface area contributed by atoms with Crippen molar-refractivity contribution in [1.29, 1.82) is 0 Å². The maximum Gasteiger partial charge on any atom is 0.161 e. The molecule has 0 bridgehead atoms. The van der Waals surface area contributed by atoms with Gasteiger partial charge in [-0.05, 0) is 37.7 Å². The van der Waals surface area contributed by atoms with E-state index in [9.17, 15) is 0 Å². The van der Waals surface area contributed by atoms with E-state index in [0.717, 1.165) is 30.3 Å². The van der Waals surface area contributed by atoms with Gasteiger partial charge in [0.05, 0.1) is 6.61 Å². The van der Waals surface area contributed by atoms with E-state index in [-0.39, 0.29) is 0 Å². The molecule has 1 heterocycles. The van der Waals surface area contributed by atoms with E-state index in [1.54, 1.807) is 0 Å². The average Bonchev–Trinajstić information content (AvgIpc) is 2.57. The number of hydrogen-bond donors (Lipinski definition) is 0. The zero-order valence-corrected chi connectivity index (χ0v) is 13.7. The number of hydrogen-bond acceptors (Lipinski definition) is 4. The van der Waals surface area contributed by atoms with Gasteiger partial charge in [-0.1, -0.05) is 24.3 Å². The van der Waals surface area contributed by atoms with Gasteiger partial charge in [-0.2, -0.15) is 0 Å². The number of nitrogens with zero attached hydrogens (tertiary/aromatic N) is 1. The van der Waals surface area contributed by atoms with Crippen molar-refractivity contribution in [2.45, 2.75) is 20.0 Å². The summed E-state index contributed by atoms with van der Waals surface area (Å²) in [5.41, 5.74) is 2.42. The first kappa shape index (κ1) is 15.7. The van der Waals surface area contributed by atoms with E-state index in [2.05, 4.69) is 36.2 Å². The Bertz CT molecular complexity index is 657. The summed E-state index contributed by atoms with van der Waals surface area (Å²) in [6.45, 7) is 5.62. The first-order valence-electron chi connectivity index (χ1n) is 8.04. The van der Waals surface area contributed by atoms with E-state index in [1.165, 1.54) is 11.1 Å². The van der Waals surface area contributed by atoms with Gasteiger partial charge in [-0.3, -0.25) is 4.90 Å². The molecule has 0 aromatic heterocycles. The molecule has 0 atom stereocenters. The summed E-state index contributed by atoms with van der Waals surface area (Å²) in [6, 6.07) is 14.4. The Morgan fingerprint density at radius 3 is 2.61 bits per heavy atom. The van der Waals surface area contributed by atoms with E-state index in [4.69, 9.17) is 14.2 Å². The van der Waals surface area contributed by atoms with E-state index in [1.807, 2.05) is 25.1 Å². The van der Waals surface area contributed by atoms with Crippen molar-refractivity contribution in [2.75, 3.05) is 26.9 Å². The molecule has 4 nitrogen and oxygen atoms in total. The van der Waals surface area contributed by atoms with Crippen molar-refractivity contribution in [3.63, 3.8) is 0 Å². The molecule has 0 fully saturated rings. The highest BCUT2D eigenvalue weighted by Crippen LogP contribution is 2.31. The molecule has 1 aliphatic heterocycles. The van der Waals surface area contributed by atoms with Gasteiger partial charge >= 0.3 is 0 Å². The van der Waals surface area contributed by atoms with Crippen LogP contribution in [0, 0.1) is 0 Å². The lowest BCUT2D eigenvalue weighted by atomic mass is 10.1. The molecule has 0 saturated heterocycles. The van der Waals surface area contributed by atoms with Gasteiger partial charge in [0.15, 0.2) is 11.5 Å². The van der Waals surface area contributed by atoms with Crippen LogP contribution in [0.25, 0.3) is 0 Å². The lowest BCUT2D eigenvalue weighted by Gasteiger charge is -2.21. The molecule has 23 heavy (non-hydrogen) atoms. The molecule has 2 aromatic rings. The lowest BCUT2D eigenvalue weighted by Crippen LogP contribution is -2.19. The standard InChI is InChI=1S/C19H23NO3/c1-3-21-17-7-5-4-6-16(17)14-20(2)13-15-8-9-18-19(12-15)23-11-10-22-18/h4-9,12H,3,10-11,13-14H2,1-2H3. The highest BCUT2D eigenvalue weighted by Gasteiger charge is 2.13. The van der Waals surface area contributed by atoms with Crippen LogP contribution in [0.1, 0.15) is 18.1 Å². The minimum Gasteiger partial charge on any atom is -0.494 e. The van der Waals surface area contributed by atoms with Gasteiger partial charge < -0.3 is 14.2 Å². The number of rotatable bonds is 6. The Hall–Kier alpha value is -2.20. The van der Waals surface area contributed by atoms with Gasteiger partial charge in [-0.15, -0.1) is 0 Å². The Labute approximate surface area is 137 Å². The molecular weight excluding hydrogens is 290 g/mol. The zero-order chi connectivity index (χ0) is 16.1. The van der Waals surface area contributed by atoms with Crippen LogP contribution in [0.2, 0.25) is 0 Å². The predicted octanol–water partition coefficient (Wildman–Crippen LogP) is 3.49. The van der Waals surface area contributed by atoms with Crippen molar-refractivity contribution in [1.82, 2.24) is 4.90 Å². The minimum absolute atomic E-state index is 0.619. The zero-order valence-electron chi connectivity index (χ0n) is 13.7. The maximum absolute atomic E-state index is 5.70. The Morgan fingerprint density at radius 1 is 1.00 bits per heavy atom. The summed E-state index contributed by atoms with van der Waals surface area (Å²) in [7, 11) is 2.11. The van der Waals surface area contributed by atoms with Gasteiger partial charge in [0.2, 0.25) is 0 Å². The Balaban J connectivity index is 1.66. The topological polar surface area (TPSA) is 30.9 Å². The normalized spacial score (nSPS) is 13.2. The first-order valence-corrected chi connectivity index (χ1v) is 8.04. The van der Waals surface area contributed by atoms with Gasteiger partial charge in [0.1, 0.15) is 19.0 Å². The third kappa shape index (κ3) is 3.96. The van der Waals surface area contributed by atoms with Crippen LogP contribution in [-0.4, -0.2) is 31.8 Å². The second-order valence-electron chi connectivity index (χ2n) is 5.69. The van der Waals surface area contributed by atoms with Crippen LogP contribution >= 0.6 is 0 Å². The van der Waals surface area contributed by atoms with Crippen LogP contribution in [0.4, 0.5) is 0 Å². The molecular formula is C19H23NO3. The highest BCUT2D eigenvalue weighted by atomic mass is 16.6. The molecule has 1 aliphatic rings. The largest absolute Gasteiger partial charge is 0.494 e. The summed E-state index contributed by atoms with van der Waals surface area (Å²) in [5.74, 6) is 2.64. The summed E-state index contributed by atoms with van der Waals surface area (Å²) in [6.07, 6.45) is 0. The van der Waals surface area contributed by atoms with Crippen LogP contribution in [0.15, 0.2) is 42.5 Å². The fraction of sp³-hybridized carbons (Fsp3) is 0.368. The molecule has 3 rings (SSSR count). The highest BCUT2D eigenvalue weighted by molar-refractivity contribution is 5.43. The van der Waals surface area contributed by atoms with E-state index < -0.39 is 0 Å². The molecule has 4 heteroatoms. The van der Waals surface area contributed by atoms with Gasteiger partial charge in [-0.25, -0.2) is 0 Å². The Morgan fingerprint density at radius 2 is 1.78 bits per heavy atom. The van der Waals surface area contributed by atoms with Crippen molar-refractivity contribution in [3.8, 4) is 17.2 Å². The number of fused-ring (bicyclic) bond motifs is 1. The third-order valence-corrected chi connectivity index (χ3v) is 3.77. The molecule has 0 amide bonds. The van der Waals surface area contributed by atoms with Gasteiger partial charge in [0, 0.05) is 18.7 Å². The van der Waals surface area contributed by atoms with Crippen LogP contribution in [-0.2, 0) is 13.1 Å². The predicted molar refractivity (Wildman–Crippen MR) is 90.2 cm³/mol. The molecule has 0 N–H and O–H groups in total. The monoisotopic (exact) mass is 313 g/mol.